The molecule has 12 heavy (non-hydrogen) atoms. The summed E-state index contributed by atoms with van der Waals surface area (Å²) in [6.07, 6.45) is 0. The summed E-state index contributed by atoms with van der Waals surface area (Å²) in [6, 6.07) is -0.532. The predicted octanol–water partition coefficient (Wildman–Crippen LogP) is -2.43. The third-order valence-electron chi connectivity index (χ3n) is 1.28. The Bertz CT molecular complexity index is 205. The maximum atomic E-state index is 10.6. The number of hydrogen-bond donors (Lipinski definition) is 0. The topological polar surface area (TPSA) is 60.4 Å². The molecule has 0 heterocycles. The SMILES string of the molecule is CC(C)N(C(C)C)S(=O)(=O)[O-].[Li+]. The zero-order valence-electron chi connectivity index (χ0n) is 8.23. The third-order valence-corrected chi connectivity index (χ3v) is 2.64. The molecular formula is C6H14LiNO3S. The summed E-state index contributed by atoms with van der Waals surface area (Å²) in [5.41, 5.74) is 0. The minimum atomic E-state index is -4.28. The van der Waals surface area contributed by atoms with Crippen LogP contribution >= 0.6 is 0 Å². The van der Waals surface area contributed by atoms with E-state index in [0.717, 1.165) is 4.31 Å². The van der Waals surface area contributed by atoms with E-state index in [0.29, 0.717) is 0 Å². The molecule has 68 valence electrons. The van der Waals surface area contributed by atoms with Crippen LogP contribution in [0.1, 0.15) is 27.7 Å². The maximum absolute atomic E-state index is 10.6. The van der Waals surface area contributed by atoms with E-state index in [1.807, 2.05) is 0 Å². The smallest absolute Gasteiger partial charge is 0.735 e. The van der Waals surface area contributed by atoms with E-state index in [1.165, 1.54) is 0 Å². The Labute approximate surface area is 86.4 Å². The molecule has 0 atom stereocenters. The van der Waals surface area contributed by atoms with Crippen molar-refractivity contribution in [1.82, 2.24) is 4.31 Å². The van der Waals surface area contributed by atoms with Gasteiger partial charge in [-0.15, -0.1) is 0 Å². The quantitative estimate of drug-likeness (QED) is 0.364. The summed E-state index contributed by atoms with van der Waals surface area (Å²) >= 11 is 0. The molecule has 6 heteroatoms. The monoisotopic (exact) mass is 187 g/mol. The normalized spacial score (nSPS) is 12.3. The Hall–Kier alpha value is 0.467. The van der Waals surface area contributed by atoms with Crippen LogP contribution in [0.15, 0.2) is 0 Å². The van der Waals surface area contributed by atoms with Crippen molar-refractivity contribution in [1.29, 1.82) is 0 Å². The number of hydrogen-bond acceptors (Lipinski definition) is 3. The Balaban J connectivity index is 0. The minimum absolute atomic E-state index is 0. The number of rotatable bonds is 3. The van der Waals surface area contributed by atoms with E-state index in [-0.39, 0.29) is 30.9 Å². The minimum Gasteiger partial charge on any atom is -0.735 e. The second kappa shape index (κ2) is 5.25. The average molecular weight is 187 g/mol. The van der Waals surface area contributed by atoms with Gasteiger partial charge in [0.15, 0.2) is 10.3 Å². The van der Waals surface area contributed by atoms with Gasteiger partial charge in [0, 0.05) is 12.1 Å². The van der Waals surface area contributed by atoms with Crippen molar-refractivity contribution in [2.24, 2.45) is 0 Å². The molecule has 0 radical (unpaired) electrons. The average Bonchev–Trinajstić information content (AvgIpc) is 1.54. The maximum Gasteiger partial charge on any atom is 1.00 e. The van der Waals surface area contributed by atoms with Crippen LogP contribution in [0.5, 0.6) is 0 Å². The predicted molar refractivity (Wildman–Crippen MR) is 41.8 cm³/mol. The van der Waals surface area contributed by atoms with Crippen molar-refractivity contribution in [2.45, 2.75) is 39.8 Å². The van der Waals surface area contributed by atoms with E-state index < -0.39 is 10.3 Å². The molecule has 0 saturated carbocycles. The van der Waals surface area contributed by atoms with E-state index in [9.17, 15) is 13.0 Å². The zero-order chi connectivity index (χ0) is 9.23. The second-order valence-electron chi connectivity index (χ2n) is 2.98. The van der Waals surface area contributed by atoms with Crippen molar-refractivity contribution in [3.05, 3.63) is 0 Å². The molecule has 0 fully saturated rings. The van der Waals surface area contributed by atoms with E-state index in [2.05, 4.69) is 0 Å². The molecule has 0 bridgehead atoms. The first-order chi connectivity index (χ1) is 4.76. The fourth-order valence-corrected chi connectivity index (χ4v) is 2.15. The molecule has 0 amide bonds. The first kappa shape index (κ1) is 15.0. The fourth-order valence-electron chi connectivity index (χ4n) is 1.11. The van der Waals surface area contributed by atoms with Crippen LogP contribution in [0.3, 0.4) is 0 Å². The summed E-state index contributed by atoms with van der Waals surface area (Å²) < 4.78 is 32.7. The van der Waals surface area contributed by atoms with Crippen molar-refractivity contribution in [3.8, 4) is 0 Å². The zero-order valence-corrected chi connectivity index (χ0v) is 9.05. The molecule has 4 nitrogen and oxygen atoms in total. The largest absolute Gasteiger partial charge is 1.00 e. The molecule has 0 N–H and O–H groups in total. The van der Waals surface area contributed by atoms with Gasteiger partial charge < -0.3 is 4.55 Å². The Kier molecular flexibility index (Phi) is 6.55. The first-order valence-corrected chi connectivity index (χ1v) is 4.87. The first-order valence-electron chi connectivity index (χ1n) is 3.51. The van der Waals surface area contributed by atoms with Gasteiger partial charge in [-0.25, -0.2) is 12.7 Å². The standard InChI is InChI=1S/C6H15NO3S.Li/c1-5(2)7(6(3)4)11(8,9)10;/h5-6H,1-4H3,(H,8,9,10);/q;+1/p-1. The summed E-state index contributed by atoms with van der Waals surface area (Å²) in [7, 11) is -4.28. The van der Waals surface area contributed by atoms with Crippen LogP contribution in [0.25, 0.3) is 0 Å². The van der Waals surface area contributed by atoms with Gasteiger partial charge >= 0.3 is 18.9 Å². The summed E-state index contributed by atoms with van der Waals surface area (Å²) in [6.45, 7) is 6.70. The number of nitrogens with zero attached hydrogens (tertiary/aromatic N) is 1. The summed E-state index contributed by atoms with van der Waals surface area (Å²) in [5.74, 6) is 0. The van der Waals surface area contributed by atoms with Crippen LogP contribution < -0.4 is 18.9 Å². The van der Waals surface area contributed by atoms with Crippen molar-refractivity contribution in [3.63, 3.8) is 0 Å². The molecular weight excluding hydrogens is 173 g/mol. The molecule has 0 aromatic heterocycles. The second-order valence-corrected chi connectivity index (χ2v) is 4.25. The van der Waals surface area contributed by atoms with E-state index >= 15 is 0 Å². The van der Waals surface area contributed by atoms with Gasteiger partial charge in [-0.2, -0.15) is 0 Å². The van der Waals surface area contributed by atoms with Gasteiger partial charge in [-0.05, 0) is 27.7 Å². The van der Waals surface area contributed by atoms with Crippen molar-refractivity contribution in [2.75, 3.05) is 0 Å². The molecule has 0 spiro atoms. The fraction of sp³-hybridized carbons (Fsp3) is 1.00. The van der Waals surface area contributed by atoms with E-state index in [1.54, 1.807) is 27.7 Å². The van der Waals surface area contributed by atoms with Crippen LogP contribution in [-0.4, -0.2) is 29.4 Å². The molecule has 0 aliphatic rings. The van der Waals surface area contributed by atoms with Crippen LogP contribution in [-0.2, 0) is 10.3 Å². The van der Waals surface area contributed by atoms with Crippen molar-refractivity contribution >= 4 is 10.3 Å². The van der Waals surface area contributed by atoms with Crippen LogP contribution in [0, 0.1) is 0 Å². The van der Waals surface area contributed by atoms with Gasteiger partial charge in [-0.3, -0.25) is 0 Å². The molecule has 0 aromatic carbocycles. The van der Waals surface area contributed by atoms with Gasteiger partial charge in [0.2, 0.25) is 0 Å². The van der Waals surface area contributed by atoms with Gasteiger partial charge in [0.1, 0.15) is 0 Å². The molecule has 0 saturated heterocycles. The van der Waals surface area contributed by atoms with Crippen molar-refractivity contribution < 1.29 is 31.8 Å². The van der Waals surface area contributed by atoms with E-state index in [4.69, 9.17) is 0 Å². The molecule has 0 rings (SSSR count). The Morgan fingerprint density at radius 3 is 1.33 bits per heavy atom. The summed E-state index contributed by atoms with van der Waals surface area (Å²) in [5, 5.41) is 0. The Morgan fingerprint density at radius 1 is 1.08 bits per heavy atom. The van der Waals surface area contributed by atoms with Gasteiger partial charge in [0.25, 0.3) is 0 Å². The molecule has 0 aliphatic heterocycles. The molecule has 0 aromatic rings. The van der Waals surface area contributed by atoms with Crippen LogP contribution in [0.4, 0.5) is 0 Å². The van der Waals surface area contributed by atoms with Gasteiger partial charge in [-0.1, -0.05) is 0 Å². The van der Waals surface area contributed by atoms with Crippen LogP contribution in [0.2, 0.25) is 0 Å². The molecule has 0 unspecified atom stereocenters. The third kappa shape index (κ3) is 4.48. The summed E-state index contributed by atoms with van der Waals surface area (Å²) in [4.78, 5) is 0. The Morgan fingerprint density at radius 2 is 1.33 bits per heavy atom. The van der Waals surface area contributed by atoms with Gasteiger partial charge in [0.05, 0.1) is 0 Å². The molecule has 0 aliphatic carbocycles.